The van der Waals surface area contributed by atoms with Gasteiger partial charge in [0.05, 0.1) is 11.0 Å². The van der Waals surface area contributed by atoms with Crippen LogP contribution in [0.3, 0.4) is 0 Å². The second-order valence-corrected chi connectivity index (χ2v) is 30.8. The molecule has 0 aliphatic carbocycles. The highest BCUT2D eigenvalue weighted by molar-refractivity contribution is 8.00. The molecule has 462 valence electrons. The number of rotatable bonds is 6. The normalized spacial score (nSPS) is 13.4. The number of fused-ring (bicyclic) bond motifs is 14. The van der Waals surface area contributed by atoms with Gasteiger partial charge in [0, 0.05) is 65.5 Å². The first-order valence-electron chi connectivity index (χ1n) is 34.5. The highest BCUT2D eigenvalue weighted by Crippen LogP contribution is 2.49. The van der Waals surface area contributed by atoms with Gasteiger partial charge in [-0.2, -0.15) is 0 Å². The summed E-state index contributed by atoms with van der Waals surface area (Å²) in [4.78, 5) is 4.66. The average Bonchev–Trinajstić information content (AvgIpc) is 1.27. The van der Waals surface area contributed by atoms with Crippen molar-refractivity contribution in [3.63, 3.8) is 0 Å². The molecule has 4 aliphatic rings. The Kier molecular flexibility index (Phi) is 14.0. The van der Waals surface area contributed by atoms with E-state index in [2.05, 4.69) is 263 Å². The minimum Gasteiger partial charge on any atom is -0.458 e. The van der Waals surface area contributed by atoms with Gasteiger partial charge in [-0.3, -0.25) is 0 Å². The first kappa shape index (κ1) is 62.8. The van der Waals surface area contributed by atoms with Crippen LogP contribution >= 0.6 is 11.8 Å². The molecule has 19 rings (SSSR count). The van der Waals surface area contributed by atoms with Crippen molar-refractivity contribution in [3.8, 4) is 67.8 Å². The quantitative estimate of drug-likeness (QED) is 0.156. The number of hydrogen-bond acceptors (Lipinski definition) is 4. The lowest BCUT2D eigenvalue weighted by Crippen LogP contribution is -2.59. The molecule has 0 unspecified atom stereocenters. The molecule has 6 heterocycles. The summed E-state index contributed by atoms with van der Waals surface area (Å²) >= 11 is 1.81. The van der Waals surface area contributed by atoms with Gasteiger partial charge in [-0.25, -0.2) is 0 Å². The zero-order valence-corrected chi connectivity index (χ0v) is 58.0. The van der Waals surface area contributed by atoms with Crippen LogP contribution in [0.1, 0.15) is 52.7 Å². The third-order valence-electron chi connectivity index (χ3n) is 21.7. The van der Waals surface area contributed by atoms with Gasteiger partial charge in [-0.15, -0.1) is 21.9 Å². The van der Waals surface area contributed by atoms with E-state index in [9.17, 15) is 0 Å². The van der Waals surface area contributed by atoms with E-state index in [-0.39, 0.29) is 68.0 Å². The van der Waals surface area contributed by atoms with Crippen molar-refractivity contribution in [3.05, 3.63) is 236 Å². The number of aromatic nitrogens is 2. The van der Waals surface area contributed by atoms with Crippen LogP contribution < -0.4 is 90.9 Å². The van der Waals surface area contributed by atoms with Crippen molar-refractivity contribution in [1.82, 2.24) is 9.13 Å². The van der Waals surface area contributed by atoms with Crippen LogP contribution in [0.25, 0.3) is 88.4 Å². The average molecular weight is 1300 g/mol. The zero-order chi connectivity index (χ0) is 69.8. The third kappa shape index (κ3) is 9.32. The van der Waals surface area contributed by atoms with Gasteiger partial charge in [-0.1, -0.05) is 202 Å². The zero-order valence-electron chi connectivity index (χ0n) is 57.2. The summed E-state index contributed by atoms with van der Waals surface area (Å²) in [6.45, 7) is 13.3. The van der Waals surface area contributed by atoms with Crippen molar-refractivity contribution >= 4 is 225 Å². The first-order chi connectivity index (χ1) is 49.2. The molecule has 0 N–H and O–H groups in total. The summed E-state index contributed by atoms with van der Waals surface area (Å²) in [5, 5.41) is 3.36. The van der Waals surface area contributed by atoms with Gasteiger partial charge in [0.25, 0.3) is 6.71 Å². The number of anilines is 3. The molecule has 4 aliphatic heterocycles. The molecule has 0 saturated carbocycles. The van der Waals surface area contributed by atoms with Crippen molar-refractivity contribution in [2.45, 2.75) is 62.2 Å². The Morgan fingerprint density at radius 2 is 0.784 bits per heavy atom. The monoisotopic (exact) mass is 1300 g/mol. The van der Waals surface area contributed by atoms with Gasteiger partial charge in [0.2, 0.25) is 6.71 Å². The van der Waals surface area contributed by atoms with Gasteiger partial charge in [-0.05, 0) is 191 Å². The number of hydrogen-bond donors (Lipinski definition) is 0. The summed E-state index contributed by atoms with van der Waals surface area (Å²) in [6, 6.07) is 81.6. The number of benzene rings is 13. The summed E-state index contributed by atoms with van der Waals surface area (Å²) in [5.41, 5.74) is 24.0. The topological polar surface area (TPSA) is 31.6 Å². The molecule has 0 spiro atoms. The summed E-state index contributed by atoms with van der Waals surface area (Å²) in [6.07, 6.45) is 0. The van der Waals surface area contributed by atoms with Crippen LogP contribution in [-0.4, -0.2) is 85.3 Å². The van der Waals surface area contributed by atoms with Crippen molar-refractivity contribution in [1.29, 1.82) is 0 Å². The summed E-state index contributed by atoms with van der Waals surface area (Å²) < 4.78 is 18.5. The highest BCUT2D eigenvalue weighted by Gasteiger charge is 2.44. The highest BCUT2D eigenvalue weighted by atomic mass is 32.2. The maximum absolute atomic E-state index is 7.24. The Balaban J connectivity index is 0.914. The van der Waals surface area contributed by atoms with E-state index >= 15 is 0 Å². The SMILES string of the molecule is [B]c1c([B])c([B])c2c(c1[B])c1c([B])c([B])c([B])c([B])c1n2-c1ccc2c(c1)N(c1cc(-c3ccccc3)cc(-c3ccccc3)c1)c1cc(-c3cc4c5c(c3)Oc3ccccc3B5c3ccccc3O4)cc3c1B2c1ccc(-n2c4ccc(C(C)(C)C)cc4c4cc(C(C)(C)C)ccc42)cc1S3. The third-order valence-corrected chi connectivity index (χ3v) is 22.9. The Bertz CT molecular complexity index is 5940. The molecule has 13 aromatic carbocycles. The maximum atomic E-state index is 7.24. The fourth-order valence-corrected chi connectivity index (χ4v) is 17.8. The smallest absolute Gasteiger partial charge is 0.260 e. The van der Waals surface area contributed by atoms with Crippen LogP contribution in [0.15, 0.2) is 234 Å². The van der Waals surface area contributed by atoms with E-state index in [0.29, 0.717) is 27.5 Å². The second-order valence-electron chi connectivity index (χ2n) is 29.7. The standard InChI is InChI=1S/C86H55B10N3O2S/c1-85(2,3)50-25-31-61-55(40-50)56-41-51(86(4,5)6)26-32-62(56)97(61)53-28-30-60-69(43-53)102-70-39-48(49-37-67-82-68(38-49)101-66-24-16-14-22-59(66)96(82)58-21-13-15-23-65(58)100-67)36-64-81(70)95(60)57-29-27-52(99-83-71(73(87)75(89)77(91)79(83)93)72-74(88)76(90)78(92)80(94)84(72)99)42-63(57)98(64)54-34-46(44-17-9-7-10-18-44)33-47(35-54)45-19-11-8-12-20-45/h7-43H,1-6H3. The van der Waals surface area contributed by atoms with E-state index in [0.717, 1.165) is 133 Å². The van der Waals surface area contributed by atoms with E-state index in [1.807, 2.05) is 28.5 Å². The van der Waals surface area contributed by atoms with E-state index < -0.39 is 0 Å². The molecule has 16 heteroatoms. The summed E-state index contributed by atoms with van der Waals surface area (Å²) in [7, 11) is 55.9. The van der Waals surface area contributed by atoms with Gasteiger partial charge < -0.3 is 23.5 Å². The predicted octanol–water partition coefficient (Wildman–Crippen LogP) is 9.32. The minimum absolute atomic E-state index is 0.0634. The molecule has 0 bridgehead atoms. The lowest BCUT2D eigenvalue weighted by Gasteiger charge is -2.41. The van der Waals surface area contributed by atoms with E-state index in [1.54, 1.807) is 0 Å². The van der Waals surface area contributed by atoms with Crippen LogP contribution in [0.2, 0.25) is 0 Å². The molecular formula is C86H55B10N3O2S. The van der Waals surface area contributed by atoms with Gasteiger partial charge in [0.15, 0.2) is 0 Å². The molecule has 0 saturated heterocycles. The van der Waals surface area contributed by atoms with Crippen molar-refractivity contribution < 1.29 is 9.47 Å². The molecule has 16 radical (unpaired) electrons. The van der Waals surface area contributed by atoms with Crippen molar-refractivity contribution in [2.24, 2.45) is 0 Å². The van der Waals surface area contributed by atoms with Crippen LogP contribution in [0.4, 0.5) is 17.1 Å². The fourth-order valence-electron chi connectivity index (χ4n) is 16.5. The second kappa shape index (κ2) is 22.7. The lowest BCUT2D eigenvalue weighted by molar-refractivity contribution is 0.465. The number of nitrogens with zero attached hydrogens (tertiary/aromatic N) is 3. The van der Waals surface area contributed by atoms with Gasteiger partial charge >= 0.3 is 0 Å². The minimum atomic E-state index is -0.307. The molecular weight excluding hydrogens is 1250 g/mol. The molecule has 102 heavy (non-hydrogen) atoms. The van der Waals surface area contributed by atoms with E-state index in [1.165, 1.54) is 21.9 Å². The van der Waals surface area contributed by atoms with E-state index in [4.69, 9.17) is 72.2 Å². The molecule has 15 aromatic rings. The largest absolute Gasteiger partial charge is 0.458 e. The Hall–Kier alpha value is -10.1. The first-order valence-corrected chi connectivity index (χ1v) is 35.3. The van der Waals surface area contributed by atoms with Crippen LogP contribution in [0.5, 0.6) is 23.0 Å². The number of para-hydroxylation sites is 2. The molecule has 0 atom stereocenters. The number of ether oxygens (including phenoxy) is 2. The van der Waals surface area contributed by atoms with Gasteiger partial charge in [0.1, 0.15) is 85.8 Å². The Labute approximate surface area is 609 Å². The van der Waals surface area contributed by atoms with Crippen molar-refractivity contribution in [2.75, 3.05) is 4.90 Å². The maximum Gasteiger partial charge on any atom is 0.260 e. The lowest BCUT2D eigenvalue weighted by atomic mass is 9.34. The predicted molar refractivity (Wildman–Crippen MR) is 440 cm³/mol. The molecule has 5 nitrogen and oxygen atoms in total. The summed E-state index contributed by atoms with van der Waals surface area (Å²) in [5.74, 6) is 3.12. The van der Waals surface area contributed by atoms with Crippen LogP contribution in [-0.2, 0) is 10.8 Å². The molecule has 2 aromatic heterocycles. The van der Waals surface area contributed by atoms with Crippen LogP contribution in [0, 0.1) is 0 Å². The Morgan fingerprint density at radius 3 is 1.31 bits per heavy atom. The fraction of sp³-hybridized carbons (Fsp3) is 0.0930. The molecule has 0 fully saturated rings. The molecule has 0 amide bonds. The Morgan fingerprint density at radius 1 is 0.324 bits per heavy atom.